The first-order chi connectivity index (χ1) is 14.3. The van der Waals surface area contributed by atoms with Crippen molar-refractivity contribution in [3.63, 3.8) is 0 Å². The van der Waals surface area contributed by atoms with Gasteiger partial charge in [0.05, 0.1) is 29.1 Å². The molecule has 3 fully saturated rings. The van der Waals surface area contributed by atoms with Gasteiger partial charge in [-0.15, -0.1) is 0 Å². The van der Waals surface area contributed by atoms with Gasteiger partial charge >= 0.3 is 0 Å². The Bertz CT molecular complexity index is 1030. The van der Waals surface area contributed by atoms with Gasteiger partial charge in [0.15, 0.2) is 6.23 Å². The largest absolute Gasteiger partial charge is 0.396 e. The highest BCUT2D eigenvalue weighted by Crippen LogP contribution is 2.45. The number of nitrogens with zero attached hydrogens (tertiary/aromatic N) is 5. The van der Waals surface area contributed by atoms with Gasteiger partial charge in [0.2, 0.25) is 0 Å². The van der Waals surface area contributed by atoms with Crippen molar-refractivity contribution in [2.75, 3.05) is 13.2 Å². The number of pyridine rings is 1. The first-order valence-electron chi connectivity index (χ1n) is 11.0. The molecular weight excluding hydrogens is 366 g/mol. The maximum atomic E-state index is 9.33. The molecule has 3 aliphatic rings. The molecule has 7 nitrogen and oxygen atoms in total. The molecule has 3 aromatic rings. The average Bonchev–Trinajstić information content (AvgIpc) is 3.34. The van der Waals surface area contributed by atoms with Gasteiger partial charge in [-0.05, 0) is 63.0 Å². The van der Waals surface area contributed by atoms with Crippen molar-refractivity contribution < 1.29 is 9.84 Å². The van der Waals surface area contributed by atoms with E-state index in [-0.39, 0.29) is 12.8 Å². The normalized spacial score (nSPS) is 27.3. The number of aromatic nitrogens is 5. The van der Waals surface area contributed by atoms with E-state index in [0.717, 1.165) is 54.6 Å². The number of hydrogen-bond acceptors (Lipinski definition) is 5. The van der Waals surface area contributed by atoms with Crippen LogP contribution in [0.4, 0.5) is 0 Å². The first kappa shape index (κ1) is 17.6. The molecular formula is C22H27N5O2. The predicted octanol–water partition coefficient (Wildman–Crippen LogP) is 3.81. The highest BCUT2D eigenvalue weighted by atomic mass is 16.5. The summed E-state index contributed by atoms with van der Waals surface area (Å²) in [7, 11) is 0. The third kappa shape index (κ3) is 3.07. The van der Waals surface area contributed by atoms with Crippen LogP contribution in [-0.2, 0) is 4.74 Å². The van der Waals surface area contributed by atoms with Crippen molar-refractivity contribution in [3.8, 4) is 11.3 Å². The molecule has 1 aliphatic heterocycles. The van der Waals surface area contributed by atoms with Crippen molar-refractivity contribution in [1.82, 2.24) is 24.5 Å². The summed E-state index contributed by atoms with van der Waals surface area (Å²) in [5.74, 6) is 0.996. The van der Waals surface area contributed by atoms with Gasteiger partial charge < -0.3 is 9.84 Å². The van der Waals surface area contributed by atoms with Crippen LogP contribution in [0.5, 0.6) is 0 Å². The summed E-state index contributed by atoms with van der Waals surface area (Å²) in [6.07, 6.45) is 11.8. The molecule has 2 aliphatic carbocycles. The summed E-state index contributed by atoms with van der Waals surface area (Å²) in [5.41, 5.74) is 5.27. The molecule has 1 unspecified atom stereocenters. The van der Waals surface area contributed by atoms with Crippen LogP contribution in [0.2, 0.25) is 0 Å². The molecule has 2 saturated carbocycles. The lowest BCUT2D eigenvalue weighted by Gasteiger charge is -2.34. The Morgan fingerprint density at radius 3 is 2.79 bits per heavy atom. The molecule has 7 heteroatoms. The molecule has 0 spiro atoms. The van der Waals surface area contributed by atoms with Gasteiger partial charge in [0.25, 0.3) is 0 Å². The van der Waals surface area contributed by atoms with Crippen LogP contribution in [0.3, 0.4) is 0 Å². The van der Waals surface area contributed by atoms with Crippen LogP contribution in [-0.4, -0.2) is 42.9 Å². The zero-order valence-corrected chi connectivity index (χ0v) is 16.6. The molecule has 4 heterocycles. The minimum absolute atomic E-state index is 0.0248. The SMILES string of the molecule is OCC1CC(n2cc(-c3ccc4c(cnn4C4CCCCO4)n3)c(C3CC3)n2)C1. The molecule has 1 N–H and O–H groups in total. The van der Waals surface area contributed by atoms with E-state index in [1.807, 2.05) is 10.9 Å². The van der Waals surface area contributed by atoms with Gasteiger partial charge in [-0.3, -0.25) is 4.68 Å². The van der Waals surface area contributed by atoms with E-state index in [1.165, 1.54) is 25.0 Å². The Balaban J connectivity index is 1.33. The van der Waals surface area contributed by atoms with Gasteiger partial charge in [0.1, 0.15) is 5.52 Å². The Labute approximate surface area is 169 Å². The summed E-state index contributed by atoms with van der Waals surface area (Å²) < 4.78 is 10.0. The summed E-state index contributed by atoms with van der Waals surface area (Å²) >= 11 is 0. The van der Waals surface area contributed by atoms with E-state index in [1.54, 1.807) is 0 Å². The minimum atomic E-state index is 0.0248. The second-order valence-electron chi connectivity index (χ2n) is 8.87. The fraction of sp³-hybridized carbons (Fsp3) is 0.591. The zero-order valence-electron chi connectivity index (χ0n) is 16.6. The molecule has 29 heavy (non-hydrogen) atoms. The van der Waals surface area contributed by atoms with Crippen LogP contribution in [0.15, 0.2) is 24.5 Å². The minimum Gasteiger partial charge on any atom is -0.396 e. The van der Waals surface area contributed by atoms with Crippen LogP contribution in [0.1, 0.15) is 68.8 Å². The topological polar surface area (TPSA) is 78.0 Å². The maximum absolute atomic E-state index is 9.33. The third-order valence-corrected chi connectivity index (χ3v) is 6.73. The standard InChI is InChI=1S/C22H27N5O2/c28-13-14-9-16(10-14)26-12-17(22(25-26)15-4-5-15)18-6-7-20-19(24-18)11-23-27(20)21-3-1-2-8-29-21/h6-7,11-12,14-16,21,28H,1-5,8-10,13H2. The van der Waals surface area contributed by atoms with Crippen LogP contribution in [0.25, 0.3) is 22.3 Å². The van der Waals surface area contributed by atoms with Crippen molar-refractivity contribution in [3.05, 3.63) is 30.2 Å². The summed E-state index contributed by atoms with van der Waals surface area (Å²) in [6, 6.07) is 4.64. The maximum Gasteiger partial charge on any atom is 0.150 e. The highest BCUT2D eigenvalue weighted by Gasteiger charge is 2.35. The second-order valence-corrected chi connectivity index (χ2v) is 8.87. The summed E-state index contributed by atoms with van der Waals surface area (Å²) in [6.45, 7) is 1.09. The molecule has 0 amide bonds. The predicted molar refractivity (Wildman–Crippen MR) is 108 cm³/mol. The second kappa shape index (κ2) is 6.92. The molecule has 3 aromatic heterocycles. The Kier molecular flexibility index (Phi) is 4.20. The molecule has 0 radical (unpaired) electrons. The number of aliphatic hydroxyl groups is 1. The van der Waals surface area contributed by atoms with E-state index in [2.05, 4.69) is 28.1 Å². The van der Waals surface area contributed by atoms with E-state index in [4.69, 9.17) is 14.8 Å². The Hall–Kier alpha value is -2.25. The lowest BCUT2D eigenvalue weighted by molar-refractivity contribution is -0.0366. The lowest BCUT2D eigenvalue weighted by atomic mass is 9.81. The summed E-state index contributed by atoms with van der Waals surface area (Å²) in [4.78, 5) is 4.95. The fourth-order valence-electron chi connectivity index (χ4n) is 4.75. The molecule has 0 bridgehead atoms. The van der Waals surface area contributed by atoms with Gasteiger partial charge in [-0.25, -0.2) is 9.67 Å². The summed E-state index contributed by atoms with van der Waals surface area (Å²) in [5, 5.41) is 18.9. The lowest BCUT2D eigenvalue weighted by Crippen LogP contribution is -2.29. The molecule has 1 saturated heterocycles. The van der Waals surface area contributed by atoms with Gasteiger partial charge in [-0.1, -0.05) is 0 Å². The molecule has 6 rings (SSSR count). The quantitative estimate of drug-likeness (QED) is 0.713. The molecule has 0 aromatic carbocycles. The van der Waals surface area contributed by atoms with E-state index >= 15 is 0 Å². The van der Waals surface area contributed by atoms with Crippen molar-refractivity contribution >= 4 is 11.0 Å². The number of ether oxygens (including phenoxy) is 1. The highest BCUT2D eigenvalue weighted by molar-refractivity contribution is 5.78. The van der Waals surface area contributed by atoms with Crippen molar-refractivity contribution in [2.45, 2.75) is 63.1 Å². The average molecular weight is 393 g/mol. The third-order valence-electron chi connectivity index (χ3n) is 6.73. The molecule has 1 atom stereocenters. The van der Waals surface area contributed by atoms with Crippen LogP contribution >= 0.6 is 0 Å². The van der Waals surface area contributed by atoms with Crippen LogP contribution < -0.4 is 0 Å². The number of aliphatic hydroxyl groups excluding tert-OH is 1. The Morgan fingerprint density at radius 1 is 1.14 bits per heavy atom. The number of hydrogen-bond donors (Lipinski definition) is 1. The zero-order chi connectivity index (χ0) is 19.4. The van der Waals surface area contributed by atoms with Gasteiger partial charge in [-0.2, -0.15) is 10.2 Å². The smallest absolute Gasteiger partial charge is 0.150 e. The van der Waals surface area contributed by atoms with Gasteiger partial charge in [0, 0.05) is 30.9 Å². The fourth-order valence-corrected chi connectivity index (χ4v) is 4.75. The van der Waals surface area contributed by atoms with E-state index in [9.17, 15) is 5.11 Å². The monoisotopic (exact) mass is 393 g/mol. The molecule has 152 valence electrons. The Morgan fingerprint density at radius 2 is 2.03 bits per heavy atom. The van der Waals surface area contributed by atoms with Crippen molar-refractivity contribution in [2.24, 2.45) is 5.92 Å². The number of rotatable bonds is 5. The first-order valence-corrected chi connectivity index (χ1v) is 11.0. The van der Waals surface area contributed by atoms with E-state index < -0.39 is 0 Å². The number of fused-ring (bicyclic) bond motifs is 1. The van der Waals surface area contributed by atoms with E-state index in [0.29, 0.717) is 17.9 Å². The van der Waals surface area contributed by atoms with Crippen LogP contribution in [0, 0.1) is 5.92 Å². The van der Waals surface area contributed by atoms with Crippen molar-refractivity contribution in [1.29, 1.82) is 0 Å².